The third kappa shape index (κ3) is 3.16. The summed E-state index contributed by atoms with van der Waals surface area (Å²) in [5, 5.41) is 13.2. The van der Waals surface area contributed by atoms with Gasteiger partial charge < -0.3 is 15.2 Å². The fourth-order valence-corrected chi connectivity index (χ4v) is 2.75. The number of phenolic OH excluding ortho intramolecular Hbond substituents is 1. The second-order valence-electron chi connectivity index (χ2n) is 5.29. The molecule has 3 nitrogen and oxygen atoms in total. The Bertz CT molecular complexity index is 392. The van der Waals surface area contributed by atoms with Gasteiger partial charge in [0.1, 0.15) is 11.5 Å². The number of benzene rings is 1. The van der Waals surface area contributed by atoms with Crippen LogP contribution in [0.1, 0.15) is 31.7 Å². The highest BCUT2D eigenvalue weighted by Crippen LogP contribution is 2.30. The molecule has 1 saturated carbocycles. The molecule has 0 aromatic heterocycles. The Kier molecular flexibility index (Phi) is 4.48. The standard InChI is InChI=1S/C15H23NO2/c1-11-4-3-5-12(11)9-16-10-13-8-14(18-2)6-7-15(13)17/h6-8,11-12,16-17H,3-5,9-10H2,1-2H3. The van der Waals surface area contributed by atoms with Crippen LogP contribution in [0.25, 0.3) is 0 Å². The number of methoxy groups -OCH3 is 1. The van der Waals surface area contributed by atoms with Crippen molar-refractivity contribution in [3.05, 3.63) is 23.8 Å². The smallest absolute Gasteiger partial charge is 0.120 e. The van der Waals surface area contributed by atoms with Crippen LogP contribution in [-0.4, -0.2) is 18.8 Å². The van der Waals surface area contributed by atoms with Crippen LogP contribution in [-0.2, 0) is 6.54 Å². The molecule has 0 heterocycles. The minimum Gasteiger partial charge on any atom is -0.508 e. The van der Waals surface area contributed by atoms with Crippen LogP contribution in [0.5, 0.6) is 11.5 Å². The van der Waals surface area contributed by atoms with Gasteiger partial charge in [-0.15, -0.1) is 0 Å². The van der Waals surface area contributed by atoms with Crippen LogP contribution in [0.3, 0.4) is 0 Å². The molecule has 0 spiro atoms. The van der Waals surface area contributed by atoms with E-state index < -0.39 is 0 Å². The van der Waals surface area contributed by atoms with Crippen LogP contribution in [0, 0.1) is 11.8 Å². The van der Waals surface area contributed by atoms with Gasteiger partial charge in [-0.1, -0.05) is 19.8 Å². The van der Waals surface area contributed by atoms with Gasteiger partial charge in [0.2, 0.25) is 0 Å². The second kappa shape index (κ2) is 6.10. The summed E-state index contributed by atoms with van der Waals surface area (Å²) in [5.41, 5.74) is 0.903. The van der Waals surface area contributed by atoms with Crippen molar-refractivity contribution in [2.24, 2.45) is 11.8 Å². The lowest BCUT2D eigenvalue weighted by molar-refractivity contribution is 0.387. The van der Waals surface area contributed by atoms with Crippen LogP contribution in [0.4, 0.5) is 0 Å². The molecule has 3 heteroatoms. The van der Waals surface area contributed by atoms with E-state index in [0.29, 0.717) is 12.3 Å². The third-order valence-corrected chi connectivity index (χ3v) is 4.05. The van der Waals surface area contributed by atoms with E-state index in [2.05, 4.69) is 12.2 Å². The predicted molar refractivity (Wildman–Crippen MR) is 72.9 cm³/mol. The normalized spacial score (nSPS) is 23.2. The van der Waals surface area contributed by atoms with Gasteiger partial charge in [0.15, 0.2) is 0 Å². The van der Waals surface area contributed by atoms with Crippen molar-refractivity contribution in [3.63, 3.8) is 0 Å². The fraction of sp³-hybridized carbons (Fsp3) is 0.600. The Morgan fingerprint density at radius 2 is 2.22 bits per heavy atom. The Morgan fingerprint density at radius 1 is 1.39 bits per heavy atom. The number of hydrogen-bond donors (Lipinski definition) is 2. The molecule has 1 aliphatic rings. The van der Waals surface area contributed by atoms with Gasteiger partial charge in [-0.2, -0.15) is 0 Å². The summed E-state index contributed by atoms with van der Waals surface area (Å²) in [6.07, 6.45) is 4.05. The topological polar surface area (TPSA) is 41.5 Å². The molecule has 1 fully saturated rings. The van der Waals surface area contributed by atoms with E-state index in [0.717, 1.165) is 29.7 Å². The van der Waals surface area contributed by atoms with Crippen molar-refractivity contribution >= 4 is 0 Å². The highest BCUT2D eigenvalue weighted by atomic mass is 16.5. The first-order valence-corrected chi connectivity index (χ1v) is 6.77. The van der Waals surface area contributed by atoms with E-state index in [9.17, 15) is 5.11 Å². The average Bonchev–Trinajstić information content (AvgIpc) is 2.77. The number of rotatable bonds is 5. The number of aromatic hydroxyl groups is 1. The van der Waals surface area contributed by atoms with Crippen molar-refractivity contribution in [1.29, 1.82) is 0 Å². The van der Waals surface area contributed by atoms with Crippen LogP contribution < -0.4 is 10.1 Å². The molecular weight excluding hydrogens is 226 g/mol. The molecule has 2 unspecified atom stereocenters. The van der Waals surface area contributed by atoms with E-state index in [1.807, 2.05) is 6.07 Å². The highest BCUT2D eigenvalue weighted by molar-refractivity contribution is 5.39. The quantitative estimate of drug-likeness (QED) is 0.843. The van der Waals surface area contributed by atoms with Gasteiger partial charge in [-0.3, -0.25) is 0 Å². The van der Waals surface area contributed by atoms with Gasteiger partial charge in [-0.05, 0) is 43.0 Å². The van der Waals surface area contributed by atoms with Crippen molar-refractivity contribution in [2.75, 3.05) is 13.7 Å². The zero-order valence-corrected chi connectivity index (χ0v) is 11.3. The van der Waals surface area contributed by atoms with Gasteiger partial charge in [0.05, 0.1) is 7.11 Å². The lowest BCUT2D eigenvalue weighted by Gasteiger charge is -2.16. The molecule has 0 amide bonds. The Morgan fingerprint density at radius 3 is 2.89 bits per heavy atom. The first-order chi connectivity index (χ1) is 8.70. The summed E-state index contributed by atoms with van der Waals surface area (Å²) in [5.74, 6) is 2.75. The third-order valence-electron chi connectivity index (χ3n) is 4.05. The summed E-state index contributed by atoms with van der Waals surface area (Å²) in [6.45, 7) is 4.08. The Labute approximate surface area is 109 Å². The summed E-state index contributed by atoms with van der Waals surface area (Å²) < 4.78 is 5.17. The summed E-state index contributed by atoms with van der Waals surface area (Å²) >= 11 is 0. The van der Waals surface area contributed by atoms with Gasteiger partial charge in [0.25, 0.3) is 0 Å². The molecule has 2 N–H and O–H groups in total. The van der Waals surface area contributed by atoms with Crippen molar-refractivity contribution in [3.8, 4) is 11.5 Å². The molecule has 1 aliphatic carbocycles. The minimum absolute atomic E-state index is 0.336. The van der Waals surface area contributed by atoms with Gasteiger partial charge in [-0.25, -0.2) is 0 Å². The van der Waals surface area contributed by atoms with E-state index in [4.69, 9.17) is 4.74 Å². The van der Waals surface area contributed by atoms with Gasteiger partial charge >= 0.3 is 0 Å². The largest absolute Gasteiger partial charge is 0.508 e. The highest BCUT2D eigenvalue weighted by Gasteiger charge is 2.22. The fourth-order valence-electron chi connectivity index (χ4n) is 2.75. The zero-order valence-electron chi connectivity index (χ0n) is 11.3. The van der Waals surface area contributed by atoms with Crippen LogP contribution >= 0.6 is 0 Å². The molecule has 0 saturated heterocycles. The molecule has 0 aliphatic heterocycles. The number of ether oxygens (including phenoxy) is 1. The summed E-state index contributed by atoms with van der Waals surface area (Å²) in [6, 6.07) is 5.35. The predicted octanol–water partition coefficient (Wildman–Crippen LogP) is 2.93. The molecule has 2 rings (SSSR count). The molecular formula is C15H23NO2. The molecule has 1 aromatic carbocycles. The molecule has 0 bridgehead atoms. The van der Waals surface area contributed by atoms with E-state index in [1.165, 1.54) is 19.3 Å². The maximum Gasteiger partial charge on any atom is 0.120 e. The number of nitrogens with one attached hydrogen (secondary N) is 1. The van der Waals surface area contributed by atoms with E-state index >= 15 is 0 Å². The maximum atomic E-state index is 9.78. The lowest BCUT2D eigenvalue weighted by Crippen LogP contribution is -2.24. The SMILES string of the molecule is COc1ccc(O)c(CNCC2CCCC2C)c1. The Balaban J connectivity index is 1.86. The Hall–Kier alpha value is -1.22. The molecule has 1 aromatic rings. The maximum absolute atomic E-state index is 9.78. The number of phenols is 1. The van der Waals surface area contributed by atoms with Crippen molar-refractivity contribution < 1.29 is 9.84 Å². The van der Waals surface area contributed by atoms with Crippen molar-refractivity contribution in [2.45, 2.75) is 32.7 Å². The molecule has 100 valence electrons. The summed E-state index contributed by atoms with van der Waals surface area (Å²) in [4.78, 5) is 0. The minimum atomic E-state index is 0.336. The first-order valence-electron chi connectivity index (χ1n) is 6.77. The first kappa shape index (κ1) is 13.2. The molecule has 0 radical (unpaired) electrons. The average molecular weight is 249 g/mol. The molecule has 18 heavy (non-hydrogen) atoms. The zero-order chi connectivity index (χ0) is 13.0. The van der Waals surface area contributed by atoms with E-state index in [1.54, 1.807) is 19.2 Å². The van der Waals surface area contributed by atoms with Gasteiger partial charge in [0, 0.05) is 12.1 Å². The molecule has 2 atom stereocenters. The monoisotopic (exact) mass is 249 g/mol. The number of hydrogen-bond acceptors (Lipinski definition) is 3. The second-order valence-corrected chi connectivity index (χ2v) is 5.29. The van der Waals surface area contributed by atoms with Crippen LogP contribution in [0.15, 0.2) is 18.2 Å². The lowest BCUT2D eigenvalue weighted by atomic mass is 9.98. The van der Waals surface area contributed by atoms with Crippen LogP contribution in [0.2, 0.25) is 0 Å². The summed E-state index contributed by atoms with van der Waals surface area (Å²) in [7, 11) is 1.64. The van der Waals surface area contributed by atoms with Crippen molar-refractivity contribution in [1.82, 2.24) is 5.32 Å². The van der Waals surface area contributed by atoms with E-state index in [-0.39, 0.29) is 0 Å².